The number of hydrogen-bond acceptors (Lipinski definition) is 4. The lowest BCUT2D eigenvalue weighted by atomic mass is 10.1. The van der Waals surface area contributed by atoms with Crippen LogP contribution in [0.5, 0.6) is 5.75 Å². The molecule has 1 aliphatic rings. The number of rotatable bonds is 5. The zero-order chi connectivity index (χ0) is 17.9. The van der Waals surface area contributed by atoms with Gasteiger partial charge in [0.05, 0.1) is 10.5 Å². The summed E-state index contributed by atoms with van der Waals surface area (Å²) in [5.41, 5.74) is -1.09. The first-order valence-corrected chi connectivity index (χ1v) is 8.21. The molecule has 2 amide bonds. The molecule has 1 heterocycles. The van der Waals surface area contributed by atoms with Crippen molar-refractivity contribution in [2.45, 2.75) is 32.4 Å². The van der Waals surface area contributed by atoms with Crippen molar-refractivity contribution < 1.29 is 27.9 Å². The van der Waals surface area contributed by atoms with E-state index in [-0.39, 0.29) is 10.5 Å². The molecule has 24 heavy (non-hydrogen) atoms. The third-order valence-corrected chi connectivity index (χ3v) is 4.39. The molecule has 130 valence electrons. The van der Waals surface area contributed by atoms with Gasteiger partial charge in [0.1, 0.15) is 5.75 Å². The third-order valence-electron chi connectivity index (χ3n) is 3.48. The molecule has 0 spiro atoms. The van der Waals surface area contributed by atoms with Crippen molar-refractivity contribution >= 4 is 29.0 Å². The topological polar surface area (TPSA) is 57.6 Å². The number of unbranched alkanes of at least 4 members (excludes halogenated alkanes) is 2. The quantitative estimate of drug-likeness (QED) is 0.615. The Morgan fingerprint density at radius 1 is 1.25 bits per heavy atom. The highest BCUT2D eigenvalue weighted by Crippen LogP contribution is 2.38. The number of aromatic hydroxyl groups is 1. The number of halogens is 3. The number of carbonyl (C=O) groups is 2. The van der Waals surface area contributed by atoms with E-state index in [0.717, 1.165) is 29.9 Å². The maximum absolute atomic E-state index is 12.8. The van der Waals surface area contributed by atoms with Crippen molar-refractivity contribution in [3.05, 3.63) is 34.2 Å². The zero-order valence-corrected chi connectivity index (χ0v) is 13.7. The molecule has 0 radical (unpaired) electrons. The van der Waals surface area contributed by atoms with Gasteiger partial charge >= 0.3 is 6.18 Å². The molecule has 1 N–H and O–H groups in total. The Kier molecular flexibility index (Phi) is 5.58. The van der Waals surface area contributed by atoms with Gasteiger partial charge < -0.3 is 5.11 Å². The number of imide groups is 1. The summed E-state index contributed by atoms with van der Waals surface area (Å²) in [5.74, 6) is -1.38. The largest absolute Gasteiger partial charge is 0.507 e. The maximum atomic E-state index is 12.8. The van der Waals surface area contributed by atoms with Crippen molar-refractivity contribution in [1.82, 2.24) is 4.90 Å². The highest BCUT2D eigenvalue weighted by atomic mass is 32.2. The molecule has 0 unspecified atom stereocenters. The minimum atomic E-state index is -4.70. The molecule has 1 fully saturated rings. The fraction of sp³-hybridized carbons (Fsp3) is 0.375. The Hall–Kier alpha value is -1.96. The lowest BCUT2D eigenvalue weighted by Crippen LogP contribution is -2.29. The molecular formula is C16H16F3NO3S. The number of phenolic OH excluding ortho intramolecular Hbond substituents is 1. The van der Waals surface area contributed by atoms with Crippen LogP contribution in [0.15, 0.2) is 23.1 Å². The first-order chi connectivity index (χ1) is 11.2. The fourth-order valence-corrected chi connectivity index (χ4v) is 3.10. The predicted molar refractivity (Wildman–Crippen MR) is 85.3 cm³/mol. The predicted octanol–water partition coefficient (Wildman–Crippen LogP) is 4.64. The number of amides is 2. The number of phenols is 1. The Labute approximate surface area is 141 Å². The summed E-state index contributed by atoms with van der Waals surface area (Å²) in [6.45, 7) is 2.30. The van der Waals surface area contributed by atoms with Gasteiger partial charge in [0.2, 0.25) is 0 Å². The van der Waals surface area contributed by atoms with Crippen LogP contribution in [0.3, 0.4) is 0 Å². The van der Waals surface area contributed by atoms with Crippen LogP contribution >= 0.6 is 11.8 Å². The summed E-state index contributed by atoms with van der Waals surface area (Å²) in [5, 5.41) is 8.89. The highest BCUT2D eigenvalue weighted by Gasteiger charge is 2.36. The van der Waals surface area contributed by atoms with Crippen LogP contribution in [0.4, 0.5) is 18.0 Å². The molecule has 1 aromatic carbocycles. The molecule has 0 atom stereocenters. The number of hydrogen-bond donors (Lipinski definition) is 1. The average Bonchev–Trinajstić information content (AvgIpc) is 2.75. The summed E-state index contributed by atoms with van der Waals surface area (Å²) < 4.78 is 38.4. The fourth-order valence-electron chi connectivity index (χ4n) is 2.23. The lowest BCUT2D eigenvalue weighted by Gasteiger charge is -2.11. The summed E-state index contributed by atoms with van der Waals surface area (Å²) in [7, 11) is 0. The van der Waals surface area contributed by atoms with E-state index in [1.807, 2.05) is 6.92 Å². The second kappa shape index (κ2) is 7.29. The van der Waals surface area contributed by atoms with Crippen LogP contribution in [-0.4, -0.2) is 27.7 Å². The normalized spacial score (nSPS) is 17.2. The maximum Gasteiger partial charge on any atom is 0.419 e. The minimum Gasteiger partial charge on any atom is -0.507 e. The second-order valence-electron chi connectivity index (χ2n) is 5.31. The van der Waals surface area contributed by atoms with Crippen LogP contribution in [0.25, 0.3) is 6.08 Å². The summed E-state index contributed by atoms with van der Waals surface area (Å²) in [6, 6.07) is 2.93. The number of alkyl halides is 3. The standard InChI is InChI=1S/C16H16F3NO3S/c1-2-3-4-7-20-14(22)13(24-15(20)23)9-10-5-6-12(21)11(8-10)16(17,18)19/h5-6,8-9,21H,2-4,7H2,1H3/b13-9-. The molecule has 0 bridgehead atoms. The molecule has 0 aliphatic carbocycles. The number of benzene rings is 1. The monoisotopic (exact) mass is 359 g/mol. The first kappa shape index (κ1) is 18.4. The van der Waals surface area contributed by atoms with E-state index in [9.17, 15) is 27.9 Å². The number of carbonyl (C=O) groups excluding carboxylic acids is 2. The van der Waals surface area contributed by atoms with Crippen molar-refractivity contribution in [2.75, 3.05) is 6.54 Å². The molecular weight excluding hydrogens is 343 g/mol. The summed E-state index contributed by atoms with van der Waals surface area (Å²) in [4.78, 5) is 25.3. The van der Waals surface area contributed by atoms with Crippen LogP contribution in [0.1, 0.15) is 37.3 Å². The lowest BCUT2D eigenvalue weighted by molar-refractivity contribution is -0.138. The van der Waals surface area contributed by atoms with Crippen LogP contribution < -0.4 is 0 Å². The third kappa shape index (κ3) is 4.11. The highest BCUT2D eigenvalue weighted by molar-refractivity contribution is 8.18. The molecule has 1 saturated heterocycles. The van der Waals surface area contributed by atoms with E-state index in [1.165, 1.54) is 12.1 Å². The van der Waals surface area contributed by atoms with Crippen molar-refractivity contribution in [2.24, 2.45) is 0 Å². The Morgan fingerprint density at radius 2 is 1.96 bits per heavy atom. The molecule has 8 heteroatoms. The molecule has 1 aliphatic heterocycles. The smallest absolute Gasteiger partial charge is 0.419 e. The van der Waals surface area contributed by atoms with Gasteiger partial charge in [0.15, 0.2) is 0 Å². The number of nitrogens with zero attached hydrogens (tertiary/aromatic N) is 1. The van der Waals surface area contributed by atoms with Crippen molar-refractivity contribution in [3.8, 4) is 5.75 Å². The Balaban J connectivity index is 2.23. The van der Waals surface area contributed by atoms with E-state index in [4.69, 9.17) is 0 Å². The molecule has 0 saturated carbocycles. The molecule has 1 aromatic rings. The minimum absolute atomic E-state index is 0.0790. The SMILES string of the molecule is CCCCCN1C(=O)S/C(=C\c2ccc(O)c(C(F)(F)F)c2)C1=O. The van der Waals surface area contributed by atoms with Gasteiger partial charge in [-0.15, -0.1) is 0 Å². The van der Waals surface area contributed by atoms with Gasteiger partial charge in [-0.3, -0.25) is 14.5 Å². The van der Waals surface area contributed by atoms with Gasteiger partial charge in [-0.25, -0.2) is 0 Å². The van der Waals surface area contributed by atoms with Gasteiger partial charge in [0.25, 0.3) is 11.1 Å². The average molecular weight is 359 g/mol. The van der Waals surface area contributed by atoms with Crippen LogP contribution in [-0.2, 0) is 11.0 Å². The van der Waals surface area contributed by atoms with Crippen molar-refractivity contribution in [1.29, 1.82) is 0 Å². The van der Waals surface area contributed by atoms with Crippen LogP contribution in [0, 0.1) is 0 Å². The second-order valence-corrected chi connectivity index (χ2v) is 6.31. The van der Waals surface area contributed by atoms with E-state index in [0.29, 0.717) is 24.7 Å². The number of thioether (sulfide) groups is 1. The molecule has 0 aromatic heterocycles. The zero-order valence-electron chi connectivity index (χ0n) is 12.9. The van der Waals surface area contributed by atoms with Gasteiger partial charge in [-0.1, -0.05) is 25.8 Å². The first-order valence-electron chi connectivity index (χ1n) is 7.39. The van der Waals surface area contributed by atoms with E-state index < -0.39 is 28.6 Å². The van der Waals surface area contributed by atoms with Crippen molar-refractivity contribution in [3.63, 3.8) is 0 Å². The van der Waals surface area contributed by atoms with Gasteiger partial charge in [-0.2, -0.15) is 13.2 Å². The molecule has 4 nitrogen and oxygen atoms in total. The Bertz CT molecular complexity index is 686. The van der Waals surface area contributed by atoms with Gasteiger partial charge in [-0.05, 0) is 42.0 Å². The van der Waals surface area contributed by atoms with E-state index in [1.54, 1.807) is 0 Å². The van der Waals surface area contributed by atoms with E-state index in [2.05, 4.69) is 0 Å². The summed E-state index contributed by atoms with van der Waals surface area (Å²) >= 11 is 0.707. The van der Waals surface area contributed by atoms with E-state index >= 15 is 0 Å². The molecule has 2 rings (SSSR count). The van der Waals surface area contributed by atoms with Crippen LogP contribution in [0.2, 0.25) is 0 Å². The Morgan fingerprint density at radius 3 is 2.58 bits per heavy atom. The van der Waals surface area contributed by atoms with Gasteiger partial charge in [0, 0.05) is 6.54 Å². The summed E-state index contributed by atoms with van der Waals surface area (Å²) in [6.07, 6.45) is -0.945.